The van der Waals surface area contributed by atoms with E-state index in [4.69, 9.17) is 0 Å². The van der Waals surface area contributed by atoms with Crippen LogP contribution >= 0.6 is 11.8 Å². The Kier molecular flexibility index (Phi) is 4.15. The lowest BCUT2D eigenvalue weighted by Gasteiger charge is -2.40. The molecule has 0 amide bonds. The summed E-state index contributed by atoms with van der Waals surface area (Å²) in [5, 5.41) is 3.56. The van der Waals surface area contributed by atoms with Gasteiger partial charge in [0.05, 0.1) is 0 Å². The maximum atomic E-state index is 3.56. The second kappa shape index (κ2) is 5.86. The van der Waals surface area contributed by atoms with E-state index in [9.17, 15) is 0 Å². The number of nitrogens with zero attached hydrogens (tertiary/aromatic N) is 1. The SMILES string of the molecule is CSc1ccc2c(c1)CCC(C1CNCCN1C)C2. The third-order valence-corrected chi connectivity index (χ3v) is 5.51. The Bertz CT molecular complexity index is 446. The number of fused-ring (bicyclic) bond motifs is 1. The summed E-state index contributed by atoms with van der Waals surface area (Å²) in [5.74, 6) is 0.824. The Morgan fingerprint density at radius 2 is 2.21 bits per heavy atom. The van der Waals surface area contributed by atoms with Crippen LogP contribution in [0.5, 0.6) is 0 Å². The first-order chi connectivity index (χ1) is 9.28. The number of piperazine rings is 1. The molecule has 2 atom stereocenters. The molecule has 1 saturated heterocycles. The van der Waals surface area contributed by atoms with Crippen LogP contribution in [0.15, 0.2) is 23.1 Å². The van der Waals surface area contributed by atoms with E-state index in [1.807, 2.05) is 11.8 Å². The molecule has 1 aliphatic heterocycles. The fourth-order valence-corrected chi connectivity index (χ4v) is 4.03. The summed E-state index contributed by atoms with van der Waals surface area (Å²) in [5.41, 5.74) is 3.18. The van der Waals surface area contributed by atoms with Crippen molar-refractivity contribution in [2.45, 2.75) is 30.2 Å². The molecule has 1 aromatic rings. The average molecular weight is 276 g/mol. The average Bonchev–Trinajstić information content (AvgIpc) is 2.46. The van der Waals surface area contributed by atoms with E-state index >= 15 is 0 Å². The first-order valence-electron chi connectivity index (χ1n) is 7.34. The van der Waals surface area contributed by atoms with Crippen LogP contribution in [0.25, 0.3) is 0 Å². The molecule has 1 N–H and O–H groups in total. The van der Waals surface area contributed by atoms with E-state index < -0.39 is 0 Å². The number of benzene rings is 1. The standard InChI is InChI=1S/C16H24N2S/c1-18-8-7-17-11-16(18)14-4-3-13-10-15(19-2)6-5-12(13)9-14/h5-6,10,14,16-17H,3-4,7-9,11H2,1-2H3. The van der Waals surface area contributed by atoms with E-state index in [0.29, 0.717) is 0 Å². The zero-order chi connectivity index (χ0) is 13.2. The van der Waals surface area contributed by atoms with Gasteiger partial charge in [0.25, 0.3) is 0 Å². The lowest BCUT2D eigenvalue weighted by atomic mass is 9.79. The van der Waals surface area contributed by atoms with Crippen molar-refractivity contribution in [2.75, 3.05) is 32.9 Å². The summed E-state index contributed by atoms with van der Waals surface area (Å²) in [6.07, 6.45) is 6.04. The Hall–Kier alpha value is -0.510. The fraction of sp³-hybridized carbons (Fsp3) is 0.625. The first-order valence-corrected chi connectivity index (χ1v) is 8.57. The summed E-state index contributed by atoms with van der Waals surface area (Å²) in [6.45, 7) is 3.51. The summed E-state index contributed by atoms with van der Waals surface area (Å²) in [6, 6.07) is 7.78. The van der Waals surface area contributed by atoms with Crippen LogP contribution in [0, 0.1) is 5.92 Å². The van der Waals surface area contributed by atoms with Gasteiger partial charge in [-0.1, -0.05) is 6.07 Å². The minimum atomic E-state index is 0.724. The molecule has 1 heterocycles. The molecule has 3 rings (SSSR count). The van der Waals surface area contributed by atoms with E-state index in [-0.39, 0.29) is 0 Å². The molecule has 0 saturated carbocycles. The second-order valence-electron chi connectivity index (χ2n) is 5.89. The first kappa shape index (κ1) is 13.5. The van der Waals surface area contributed by atoms with Crippen molar-refractivity contribution in [1.29, 1.82) is 0 Å². The van der Waals surface area contributed by atoms with Crippen molar-refractivity contribution in [3.8, 4) is 0 Å². The predicted molar refractivity (Wildman–Crippen MR) is 83.0 cm³/mol. The van der Waals surface area contributed by atoms with Crippen LogP contribution in [-0.2, 0) is 12.8 Å². The van der Waals surface area contributed by atoms with Gasteiger partial charge in [-0.2, -0.15) is 0 Å². The van der Waals surface area contributed by atoms with Gasteiger partial charge in [0.1, 0.15) is 0 Å². The molecule has 1 aliphatic carbocycles. The summed E-state index contributed by atoms with van der Waals surface area (Å²) in [4.78, 5) is 3.97. The van der Waals surface area contributed by atoms with Gasteiger partial charge in [-0.15, -0.1) is 11.8 Å². The normalized spacial score (nSPS) is 28.1. The second-order valence-corrected chi connectivity index (χ2v) is 6.77. The van der Waals surface area contributed by atoms with Crippen molar-refractivity contribution in [1.82, 2.24) is 10.2 Å². The highest BCUT2D eigenvalue weighted by atomic mass is 32.2. The van der Waals surface area contributed by atoms with Gasteiger partial charge < -0.3 is 10.2 Å². The molecular formula is C16H24N2S. The van der Waals surface area contributed by atoms with Gasteiger partial charge in [-0.05, 0) is 61.7 Å². The fourth-order valence-electron chi connectivity index (χ4n) is 3.57. The lowest BCUT2D eigenvalue weighted by molar-refractivity contribution is 0.133. The van der Waals surface area contributed by atoms with Crippen LogP contribution in [0.4, 0.5) is 0 Å². The highest BCUT2D eigenvalue weighted by molar-refractivity contribution is 7.98. The van der Waals surface area contributed by atoms with Gasteiger partial charge in [0, 0.05) is 30.6 Å². The zero-order valence-electron chi connectivity index (χ0n) is 12.0. The van der Waals surface area contributed by atoms with Gasteiger partial charge >= 0.3 is 0 Å². The third-order valence-electron chi connectivity index (χ3n) is 4.79. The number of hydrogen-bond donors (Lipinski definition) is 1. The lowest BCUT2D eigenvalue weighted by Crippen LogP contribution is -2.53. The molecule has 1 aromatic carbocycles. The molecule has 0 radical (unpaired) electrons. The quantitative estimate of drug-likeness (QED) is 0.835. The van der Waals surface area contributed by atoms with E-state index in [2.05, 4.69) is 41.7 Å². The Morgan fingerprint density at radius 3 is 3.00 bits per heavy atom. The maximum absolute atomic E-state index is 3.56. The number of nitrogens with one attached hydrogen (secondary N) is 1. The van der Waals surface area contributed by atoms with Gasteiger partial charge in [0.15, 0.2) is 0 Å². The number of thioether (sulfide) groups is 1. The Morgan fingerprint density at radius 1 is 1.32 bits per heavy atom. The van der Waals surface area contributed by atoms with Gasteiger partial charge in [-0.3, -0.25) is 0 Å². The van der Waals surface area contributed by atoms with E-state index in [1.54, 1.807) is 11.1 Å². The largest absolute Gasteiger partial charge is 0.314 e. The highest BCUT2D eigenvalue weighted by Crippen LogP contribution is 2.31. The molecule has 1 fully saturated rings. The van der Waals surface area contributed by atoms with Gasteiger partial charge in [-0.25, -0.2) is 0 Å². The van der Waals surface area contributed by atoms with Crippen LogP contribution in [0.1, 0.15) is 17.5 Å². The number of aryl methyl sites for hydroxylation is 1. The molecule has 2 aliphatic rings. The molecular weight excluding hydrogens is 252 g/mol. The van der Waals surface area contributed by atoms with E-state index in [0.717, 1.165) is 18.5 Å². The number of rotatable bonds is 2. The smallest absolute Gasteiger partial charge is 0.0249 e. The van der Waals surface area contributed by atoms with Crippen molar-refractivity contribution in [2.24, 2.45) is 5.92 Å². The van der Waals surface area contributed by atoms with Gasteiger partial charge in [0.2, 0.25) is 0 Å². The molecule has 19 heavy (non-hydrogen) atoms. The topological polar surface area (TPSA) is 15.3 Å². The number of likely N-dealkylation sites (N-methyl/N-ethyl adjacent to an activating group) is 1. The Balaban J connectivity index is 1.74. The predicted octanol–water partition coefficient (Wildman–Crippen LogP) is 2.42. The third kappa shape index (κ3) is 2.83. The summed E-state index contributed by atoms with van der Waals surface area (Å²) >= 11 is 1.85. The van der Waals surface area contributed by atoms with Crippen LogP contribution in [0.2, 0.25) is 0 Å². The molecule has 3 heteroatoms. The Labute approximate surface area is 121 Å². The van der Waals surface area contributed by atoms with Crippen molar-refractivity contribution >= 4 is 11.8 Å². The highest BCUT2D eigenvalue weighted by Gasteiger charge is 2.30. The molecule has 2 unspecified atom stereocenters. The minimum absolute atomic E-state index is 0.724. The number of hydrogen-bond acceptors (Lipinski definition) is 3. The van der Waals surface area contributed by atoms with Crippen molar-refractivity contribution < 1.29 is 0 Å². The molecule has 104 valence electrons. The minimum Gasteiger partial charge on any atom is -0.314 e. The molecule has 0 spiro atoms. The van der Waals surface area contributed by atoms with Crippen LogP contribution in [0.3, 0.4) is 0 Å². The van der Waals surface area contributed by atoms with Crippen LogP contribution in [-0.4, -0.2) is 43.9 Å². The molecule has 0 aromatic heterocycles. The molecule has 0 bridgehead atoms. The molecule has 2 nitrogen and oxygen atoms in total. The van der Waals surface area contributed by atoms with E-state index in [1.165, 1.54) is 37.2 Å². The monoisotopic (exact) mass is 276 g/mol. The maximum Gasteiger partial charge on any atom is 0.0249 e. The van der Waals surface area contributed by atoms with Crippen molar-refractivity contribution in [3.63, 3.8) is 0 Å². The summed E-state index contributed by atoms with van der Waals surface area (Å²) in [7, 11) is 2.29. The zero-order valence-corrected chi connectivity index (χ0v) is 12.8. The summed E-state index contributed by atoms with van der Waals surface area (Å²) < 4.78 is 0. The van der Waals surface area contributed by atoms with Crippen molar-refractivity contribution in [3.05, 3.63) is 29.3 Å². The van der Waals surface area contributed by atoms with Crippen LogP contribution < -0.4 is 5.32 Å².